The number of hydrogen-bond acceptors (Lipinski definition) is 4. The van der Waals surface area contributed by atoms with Gasteiger partial charge >= 0.3 is 0 Å². The number of halogens is 1. The zero-order valence-corrected chi connectivity index (χ0v) is 16.2. The lowest BCUT2D eigenvalue weighted by atomic mass is 10.0. The average Bonchev–Trinajstić information content (AvgIpc) is 3.07. The van der Waals surface area contributed by atoms with E-state index < -0.39 is 0 Å². The molecular weight excluding hydrogens is 359 g/mol. The first-order valence-corrected chi connectivity index (χ1v) is 9.19. The molecule has 6 heteroatoms. The molecule has 1 heterocycles. The maximum absolute atomic E-state index is 13.0. The van der Waals surface area contributed by atoms with Crippen LogP contribution in [0.2, 0.25) is 0 Å². The fourth-order valence-corrected chi connectivity index (χ4v) is 2.87. The van der Waals surface area contributed by atoms with Gasteiger partial charge in [-0.25, -0.2) is 4.39 Å². The van der Waals surface area contributed by atoms with E-state index >= 15 is 0 Å². The molecule has 0 aliphatic rings. The number of nitrogens with one attached hydrogen (secondary N) is 1. The Kier molecular flexibility index (Phi) is 6.09. The molecular formula is C22H23FN2O3. The molecule has 146 valence electrons. The third kappa shape index (κ3) is 4.57. The topological polar surface area (TPSA) is 64.4 Å². The molecule has 1 atom stereocenters. The van der Waals surface area contributed by atoms with Crippen molar-refractivity contribution in [1.82, 2.24) is 10.5 Å². The van der Waals surface area contributed by atoms with Crippen LogP contribution in [0.5, 0.6) is 5.75 Å². The number of nitrogens with zero attached hydrogens (tertiary/aromatic N) is 1. The van der Waals surface area contributed by atoms with Crippen molar-refractivity contribution in [1.29, 1.82) is 0 Å². The normalized spacial score (nSPS) is 11.9. The van der Waals surface area contributed by atoms with Gasteiger partial charge in [-0.05, 0) is 50.1 Å². The lowest BCUT2D eigenvalue weighted by Gasteiger charge is -2.17. The summed E-state index contributed by atoms with van der Waals surface area (Å²) in [6.07, 6.45) is 0.743. The van der Waals surface area contributed by atoms with E-state index in [-0.39, 0.29) is 30.1 Å². The fourth-order valence-electron chi connectivity index (χ4n) is 2.87. The first kappa shape index (κ1) is 19.6. The molecule has 0 aliphatic heterocycles. The molecule has 0 saturated heterocycles. The molecule has 0 spiro atoms. The van der Waals surface area contributed by atoms with Crippen LogP contribution in [-0.4, -0.2) is 11.1 Å². The van der Waals surface area contributed by atoms with Crippen molar-refractivity contribution in [2.45, 2.75) is 39.8 Å². The zero-order valence-electron chi connectivity index (χ0n) is 16.2. The molecule has 2 aromatic carbocycles. The van der Waals surface area contributed by atoms with E-state index in [4.69, 9.17) is 9.26 Å². The van der Waals surface area contributed by atoms with Gasteiger partial charge < -0.3 is 14.6 Å². The Hall–Kier alpha value is -3.15. The van der Waals surface area contributed by atoms with Crippen molar-refractivity contribution < 1.29 is 18.4 Å². The van der Waals surface area contributed by atoms with Crippen LogP contribution in [0.4, 0.5) is 4.39 Å². The molecule has 5 nitrogen and oxygen atoms in total. The van der Waals surface area contributed by atoms with Gasteiger partial charge in [-0.15, -0.1) is 0 Å². The molecule has 3 aromatic rings. The molecule has 1 amide bonds. The van der Waals surface area contributed by atoms with Crippen LogP contribution in [0.15, 0.2) is 53.1 Å². The molecule has 0 radical (unpaired) electrons. The highest BCUT2D eigenvalue weighted by atomic mass is 19.1. The van der Waals surface area contributed by atoms with Crippen molar-refractivity contribution >= 4 is 5.91 Å². The summed E-state index contributed by atoms with van der Waals surface area (Å²) in [5.74, 6) is 0.354. The van der Waals surface area contributed by atoms with Crippen molar-refractivity contribution in [3.63, 3.8) is 0 Å². The molecule has 0 saturated carbocycles. The van der Waals surface area contributed by atoms with Crippen LogP contribution >= 0.6 is 0 Å². The van der Waals surface area contributed by atoms with E-state index in [0.29, 0.717) is 17.1 Å². The maximum Gasteiger partial charge on any atom is 0.274 e. The summed E-state index contributed by atoms with van der Waals surface area (Å²) in [4.78, 5) is 12.8. The maximum atomic E-state index is 13.0. The molecule has 1 unspecified atom stereocenters. The number of hydrogen-bond donors (Lipinski definition) is 1. The molecule has 0 fully saturated rings. The Morgan fingerprint density at radius 2 is 1.82 bits per heavy atom. The van der Waals surface area contributed by atoms with Gasteiger partial charge in [0.1, 0.15) is 23.9 Å². The standard InChI is InChI=1S/C22H23FN2O3/c1-4-20(16-7-5-14(2)6-8-16)24-22(26)21-19(15(3)28-25-21)13-27-18-11-9-17(23)10-12-18/h5-12,20H,4,13H2,1-3H3,(H,24,26). The van der Waals surface area contributed by atoms with Gasteiger partial charge in [0.05, 0.1) is 11.6 Å². The number of benzene rings is 2. The smallest absolute Gasteiger partial charge is 0.274 e. The molecule has 1 aromatic heterocycles. The minimum atomic E-state index is -0.338. The predicted octanol–water partition coefficient (Wildman–Crippen LogP) is 4.89. The van der Waals surface area contributed by atoms with E-state index in [1.807, 2.05) is 38.1 Å². The Labute approximate surface area is 163 Å². The van der Waals surface area contributed by atoms with Gasteiger partial charge in [-0.3, -0.25) is 4.79 Å². The van der Waals surface area contributed by atoms with Crippen LogP contribution in [0.3, 0.4) is 0 Å². The highest BCUT2D eigenvalue weighted by molar-refractivity contribution is 5.94. The number of aryl methyl sites for hydroxylation is 2. The summed E-state index contributed by atoms with van der Waals surface area (Å²) < 4.78 is 23.9. The quantitative estimate of drug-likeness (QED) is 0.632. The summed E-state index contributed by atoms with van der Waals surface area (Å²) in [6.45, 7) is 5.86. The third-order valence-corrected chi connectivity index (χ3v) is 4.59. The van der Waals surface area contributed by atoms with Crippen LogP contribution in [0.1, 0.15) is 52.3 Å². The summed E-state index contributed by atoms with van der Waals surface area (Å²) in [6, 6.07) is 13.6. The molecule has 3 rings (SSSR count). The Balaban J connectivity index is 1.72. The minimum absolute atomic E-state index is 0.102. The first-order chi connectivity index (χ1) is 13.5. The van der Waals surface area contributed by atoms with Gasteiger partial charge in [0.15, 0.2) is 5.69 Å². The Morgan fingerprint density at radius 1 is 1.14 bits per heavy atom. The minimum Gasteiger partial charge on any atom is -0.489 e. The lowest BCUT2D eigenvalue weighted by molar-refractivity contribution is 0.0924. The number of amides is 1. The molecule has 1 N–H and O–H groups in total. The Morgan fingerprint density at radius 3 is 2.46 bits per heavy atom. The van der Waals surface area contributed by atoms with E-state index in [0.717, 1.165) is 17.5 Å². The highest BCUT2D eigenvalue weighted by Crippen LogP contribution is 2.21. The molecule has 28 heavy (non-hydrogen) atoms. The number of carbonyl (C=O) groups excluding carboxylic acids is 1. The van der Waals surface area contributed by atoms with Crippen LogP contribution in [0, 0.1) is 19.7 Å². The summed E-state index contributed by atoms with van der Waals surface area (Å²) in [7, 11) is 0. The number of aromatic nitrogens is 1. The molecule has 0 bridgehead atoms. The summed E-state index contributed by atoms with van der Waals surface area (Å²) in [5.41, 5.74) is 2.97. The lowest BCUT2D eigenvalue weighted by Crippen LogP contribution is -2.29. The zero-order chi connectivity index (χ0) is 20.1. The van der Waals surface area contributed by atoms with Gasteiger partial charge in [0.2, 0.25) is 0 Å². The van der Waals surface area contributed by atoms with E-state index in [9.17, 15) is 9.18 Å². The van der Waals surface area contributed by atoms with E-state index in [1.165, 1.54) is 24.3 Å². The van der Waals surface area contributed by atoms with Gasteiger partial charge in [0.25, 0.3) is 5.91 Å². The van der Waals surface area contributed by atoms with Crippen molar-refractivity contribution in [3.05, 3.63) is 82.5 Å². The summed E-state index contributed by atoms with van der Waals surface area (Å²) >= 11 is 0. The van der Waals surface area contributed by atoms with E-state index in [1.54, 1.807) is 6.92 Å². The second kappa shape index (κ2) is 8.69. The summed E-state index contributed by atoms with van der Waals surface area (Å²) in [5, 5.41) is 6.92. The van der Waals surface area contributed by atoms with Crippen LogP contribution in [0.25, 0.3) is 0 Å². The third-order valence-electron chi connectivity index (χ3n) is 4.59. The van der Waals surface area contributed by atoms with Crippen LogP contribution in [-0.2, 0) is 6.61 Å². The van der Waals surface area contributed by atoms with Gasteiger partial charge in [-0.2, -0.15) is 0 Å². The fraction of sp³-hybridized carbons (Fsp3) is 0.273. The molecule has 0 aliphatic carbocycles. The van der Waals surface area contributed by atoms with Crippen molar-refractivity contribution in [3.8, 4) is 5.75 Å². The van der Waals surface area contributed by atoms with Crippen molar-refractivity contribution in [2.75, 3.05) is 0 Å². The highest BCUT2D eigenvalue weighted by Gasteiger charge is 2.23. The second-order valence-electron chi connectivity index (χ2n) is 6.65. The number of ether oxygens (including phenoxy) is 1. The monoisotopic (exact) mass is 382 g/mol. The van der Waals surface area contributed by atoms with Crippen LogP contribution < -0.4 is 10.1 Å². The second-order valence-corrected chi connectivity index (χ2v) is 6.65. The first-order valence-electron chi connectivity index (χ1n) is 9.19. The average molecular weight is 382 g/mol. The number of rotatable bonds is 7. The number of carbonyl (C=O) groups is 1. The van der Waals surface area contributed by atoms with E-state index in [2.05, 4.69) is 10.5 Å². The van der Waals surface area contributed by atoms with Gasteiger partial charge in [0, 0.05) is 0 Å². The SMILES string of the molecule is CCC(NC(=O)c1noc(C)c1COc1ccc(F)cc1)c1ccc(C)cc1. The predicted molar refractivity (Wildman–Crippen MR) is 104 cm³/mol. The largest absolute Gasteiger partial charge is 0.489 e. The van der Waals surface area contributed by atoms with Gasteiger partial charge in [-0.1, -0.05) is 41.9 Å². The Bertz CT molecular complexity index is 933. The van der Waals surface area contributed by atoms with Crippen molar-refractivity contribution in [2.24, 2.45) is 0 Å².